The number of imidazole rings is 1. The maximum Gasteiger partial charge on any atom is 0.311 e. The zero-order valence-electron chi connectivity index (χ0n) is 16.4. The number of allylic oxidation sites excluding steroid dienone is 2. The molecule has 6 nitrogen and oxygen atoms in total. The molecule has 0 amide bonds. The summed E-state index contributed by atoms with van der Waals surface area (Å²) in [5.74, 6) is 0.565. The van der Waals surface area contributed by atoms with Crippen LogP contribution < -0.4 is 5.32 Å². The number of rotatable bonds is 3. The molecule has 2 aromatic rings. The highest BCUT2D eigenvalue weighted by atomic mass is 16.6. The zero-order valence-corrected chi connectivity index (χ0v) is 16.4. The van der Waals surface area contributed by atoms with E-state index in [9.17, 15) is 4.79 Å². The Balaban J connectivity index is 1.34. The van der Waals surface area contributed by atoms with Crippen LogP contribution >= 0.6 is 0 Å². The number of nitrogens with zero attached hydrogens (tertiary/aromatic N) is 1. The van der Waals surface area contributed by atoms with Gasteiger partial charge in [-0.1, -0.05) is 23.8 Å². The van der Waals surface area contributed by atoms with E-state index in [1.165, 1.54) is 5.57 Å². The molecule has 3 aliphatic rings. The van der Waals surface area contributed by atoms with Crippen molar-refractivity contribution in [3.8, 4) is 0 Å². The van der Waals surface area contributed by atoms with Gasteiger partial charge in [0.15, 0.2) is 0 Å². The number of hydrogen-bond donors (Lipinski definition) is 2. The third kappa shape index (κ3) is 3.09. The van der Waals surface area contributed by atoms with Crippen LogP contribution in [0.15, 0.2) is 35.9 Å². The summed E-state index contributed by atoms with van der Waals surface area (Å²) in [7, 11) is 0. The van der Waals surface area contributed by atoms with Crippen LogP contribution in [0.25, 0.3) is 11.0 Å². The Morgan fingerprint density at radius 3 is 3.07 bits per heavy atom. The molecular weight excluding hydrogens is 354 g/mol. The van der Waals surface area contributed by atoms with E-state index >= 15 is 0 Å². The van der Waals surface area contributed by atoms with E-state index in [0.29, 0.717) is 12.5 Å². The Labute approximate surface area is 164 Å². The van der Waals surface area contributed by atoms with Crippen LogP contribution in [0.3, 0.4) is 0 Å². The van der Waals surface area contributed by atoms with Crippen molar-refractivity contribution in [2.45, 2.75) is 57.3 Å². The van der Waals surface area contributed by atoms with Crippen LogP contribution in [-0.4, -0.2) is 40.3 Å². The fourth-order valence-corrected chi connectivity index (χ4v) is 4.82. The van der Waals surface area contributed by atoms with E-state index in [-0.39, 0.29) is 35.6 Å². The molecule has 2 N–H and O–H groups in total. The highest BCUT2D eigenvalue weighted by Gasteiger charge is 2.62. The number of aromatic nitrogens is 2. The number of H-pyrrole nitrogens is 1. The van der Waals surface area contributed by atoms with Crippen LogP contribution in [0.4, 0.5) is 5.95 Å². The first-order valence-electron chi connectivity index (χ1n) is 10.3. The summed E-state index contributed by atoms with van der Waals surface area (Å²) in [5, 5.41) is 3.33. The lowest BCUT2D eigenvalue weighted by atomic mass is 9.80. The number of benzene rings is 1. The summed E-state index contributed by atoms with van der Waals surface area (Å²) < 4.78 is 11.9. The van der Waals surface area contributed by atoms with Crippen molar-refractivity contribution in [3.63, 3.8) is 0 Å². The van der Waals surface area contributed by atoms with Gasteiger partial charge in [-0.05, 0) is 51.7 Å². The standard InChI is InChI=1S/C22H27N3O3/c1-13-6-5-11-22(2)19(28-22)18-14(10-9-13)15(20(26)27-18)12-23-21-24-16-7-3-4-8-17(16)25-21/h3-4,6-8,14-15,18-19H,5,9-12H2,1-2H3,(H2,23,24,25)/t14-,15-,18-,19+,22+/m0/s1. The third-order valence-electron chi connectivity index (χ3n) is 6.62. The van der Waals surface area contributed by atoms with Crippen LogP contribution in [0.1, 0.15) is 39.5 Å². The average Bonchev–Trinajstić information content (AvgIpc) is 3.02. The van der Waals surface area contributed by atoms with Gasteiger partial charge in [0.05, 0.1) is 22.6 Å². The van der Waals surface area contributed by atoms with Crippen molar-refractivity contribution in [2.24, 2.45) is 11.8 Å². The van der Waals surface area contributed by atoms with E-state index in [1.807, 2.05) is 24.3 Å². The molecule has 2 saturated heterocycles. The number of esters is 1. The summed E-state index contributed by atoms with van der Waals surface area (Å²) in [6, 6.07) is 7.91. The van der Waals surface area contributed by atoms with Crippen molar-refractivity contribution in [3.05, 3.63) is 35.9 Å². The molecule has 1 aromatic carbocycles. The molecule has 2 fully saturated rings. The summed E-state index contributed by atoms with van der Waals surface area (Å²) in [6.45, 7) is 4.85. The highest BCUT2D eigenvalue weighted by molar-refractivity contribution is 5.78. The van der Waals surface area contributed by atoms with E-state index in [0.717, 1.165) is 36.7 Å². The molecule has 5 rings (SSSR count). The van der Waals surface area contributed by atoms with Gasteiger partial charge in [0.1, 0.15) is 12.2 Å². The highest BCUT2D eigenvalue weighted by Crippen LogP contribution is 2.50. The Kier molecular flexibility index (Phi) is 4.19. The molecule has 0 saturated carbocycles. The molecular formula is C22H27N3O3. The Morgan fingerprint density at radius 1 is 1.36 bits per heavy atom. The Hall–Kier alpha value is -2.34. The predicted molar refractivity (Wildman–Crippen MR) is 107 cm³/mol. The molecule has 28 heavy (non-hydrogen) atoms. The number of hydrogen-bond acceptors (Lipinski definition) is 5. The number of fused-ring (bicyclic) bond motifs is 4. The Morgan fingerprint density at radius 2 is 2.21 bits per heavy atom. The molecule has 0 spiro atoms. The smallest absolute Gasteiger partial charge is 0.311 e. The van der Waals surface area contributed by atoms with Gasteiger partial charge in [-0.15, -0.1) is 0 Å². The minimum Gasteiger partial charge on any atom is -0.459 e. The molecule has 148 valence electrons. The summed E-state index contributed by atoms with van der Waals surface area (Å²) in [6.07, 6.45) is 6.18. The van der Waals surface area contributed by atoms with Gasteiger partial charge in [-0.3, -0.25) is 4.79 Å². The maximum atomic E-state index is 12.7. The minimum absolute atomic E-state index is 0.0319. The number of nitrogens with one attached hydrogen (secondary N) is 2. The number of epoxide rings is 1. The topological polar surface area (TPSA) is 79.5 Å². The van der Waals surface area contributed by atoms with E-state index < -0.39 is 0 Å². The lowest BCUT2D eigenvalue weighted by Crippen LogP contribution is -2.32. The Bertz CT molecular complexity index is 903. The molecule has 3 heterocycles. The first kappa shape index (κ1) is 17.7. The first-order valence-corrected chi connectivity index (χ1v) is 10.3. The molecule has 5 atom stereocenters. The second kappa shape index (κ2) is 6.62. The number of para-hydroxylation sites is 2. The van der Waals surface area contributed by atoms with Gasteiger partial charge in [-0.2, -0.15) is 0 Å². The molecule has 0 unspecified atom stereocenters. The van der Waals surface area contributed by atoms with E-state index in [4.69, 9.17) is 9.47 Å². The minimum atomic E-state index is -0.182. The van der Waals surface area contributed by atoms with E-state index in [1.54, 1.807) is 0 Å². The third-order valence-corrected chi connectivity index (χ3v) is 6.62. The SMILES string of the molecule is CC1=CCC[C@@]2(C)O[C@@H]2[C@H]2OC(=O)[C@@H](CNc3nc4ccccc4[nH]3)[C@@H]2CC1. The van der Waals surface area contributed by atoms with Crippen molar-refractivity contribution >= 4 is 23.0 Å². The fourth-order valence-electron chi connectivity index (χ4n) is 4.82. The van der Waals surface area contributed by atoms with Gasteiger partial charge >= 0.3 is 5.97 Å². The monoisotopic (exact) mass is 381 g/mol. The van der Waals surface area contributed by atoms with Gasteiger partial charge in [-0.25, -0.2) is 4.98 Å². The molecule has 1 aromatic heterocycles. The summed E-state index contributed by atoms with van der Waals surface area (Å²) in [4.78, 5) is 20.5. The average molecular weight is 381 g/mol. The van der Waals surface area contributed by atoms with Gasteiger partial charge < -0.3 is 19.8 Å². The van der Waals surface area contributed by atoms with Gasteiger partial charge in [0.2, 0.25) is 5.95 Å². The van der Waals surface area contributed by atoms with Gasteiger partial charge in [0.25, 0.3) is 0 Å². The molecule has 0 bridgehead atoms. The number of aromatic amines is 1. The maximum absolute atomic E-state index is 12.7. The van der Waals surface area contributed by atoms with Crippen LogP contribution in [0.5, 0.6) is 0 Å². The number of ether oxygens (including phenoxy) is 2. The molecule has 1 aliphatic carbocycles. The zero-order chi connectivity index (χ0) is 19.3. The second-order valence-electron chi connectivity index (χ2n) is 8.63. The van der Waals surface area contributed by atoms with Gasteiger partial charge in [0, 0.05) is 12.5 Å². The number of carbonyl (C=O) groups excluding carboxylic acids is 1. The van der Waals surface area contributed by atoms with Crippen LogP contribution in [0, 0.1) is 11.8 Å². The fraction of sp³-hybridized carbons (Fsp3) is 0.545. The van der Waals surface area contributed by atoms with Crippen LogP contribution in [0.2, 0.25) is 0 Å². The predicted octanol–water partition coefficient (Wildman–Crippen LogP) is 3.81. The summed E-state index contributed by atoms with van der Waals surface area (Å²) in [5.41, 5.74) is 3.14. The van der Waals surface area contributed by atoms with E-state index in [2.05, 4.69) is 35.2 Å². The normalized spacial score (nSPS) is 34.9. The molecule has 6 heteroatoms. The van der Waals surface area contributed by atoms with Crippen molar-refractivity contribution in [2.75, 3.05) is 11.9 Å². The number of anilines is 1. The molecule has 2 aliphatic heterocycles. The summed E-state index contributed by atoms with van der Waals surface area (Å²) >= 11 is 0. The van der Waals surface area contributed by atoms with Crippen molar-refractivity contribution in [1.29, 1.82) is 0 Å². The molecule has 0 radical (unpaired) electrons. The van der Waals surface area contributed by atoms with Crippen molar-refractivity contribution in [1.82, 2.24) is 9.97 Å². The lowest BCUT2D eigenvalue weighted by molar-refractivity contribution is -0.144. The first-order chi connectivity index (χ1) is 13.5. The van der Waals surface area contributed by atoms with Crippen LogP contribution in [-0.2, 0) is 14.3 Å². The number of carbonyl (C=O) groups is 1. The van der Waals surface area contributed by atoms with Crippen molar-refractivity contribution < 1.29 is 14.3 Å². The second-order valence-corrected chi connectivity index (χ2v) is 8.63. The quantitative estimate of drug-likeness (QED) is 0.480. The lowest BCUT2D eigenvalue weighted by Gasteiger charge is -2.22. The largest absolute Gasteiger partial charge is 0.459 e.